The van der Waals surface area contributed by atoms with Crippen LogP contribution in [-0.2, 0) is 9.53 Å². The molecule has 0 saturated carbocycles. The number of esters is 1. The van der Waals surface area contributed by atoms with E-state index in [0.29, 0.717) is 5.56 Å². The maximum Gasteiger partial charge on any atom is 0.308 e. The first-order valence-electron chi connectivity index (χ1n) is 6.05. The Kier molecular flexibility index (Phi) is 4.65. The lowest BCUT2D eigenvalue weighted by atomic mass is 9.93. The van der Waals surface area contributed by atoms with Crippen molar-refractivity contribution in [1.29, 1.82) is 0 Å². The molecule has 0 aliphatic carbocycles. The molecule has 0 fully saturated rings. The standard InChI is InChI=1S/C15H20O3/c1-9-6-11(3)13(7-10(9)2)14(16)8-12(4)15(17)18-5/h6-7,12H,8H2,1-5H3. The van der Waals surface area contributed by atoms with Gasteiger partial charge in [0.1, 0.15) is 0 Å². The van der Waals surface area contributed by atoms with Gasteiger partial charge in [0.15, 0.2) is 5.78 Å². The molecule has 1 aromatic rings. The van der Waals surface area contributed by atoms with Crippen LogP contribution in [0.2, 0.25) is 0 Å². The Bertz CT molecular complexity index is 475. The fourth-order valence-corrected chi connectivity index (χ4v) is 1.93. The first-order valence-corrected chi connectivity index (χ1v) is 6.05. The van der Waals surface area contributed by atoms with Gasteiger partial charge in [-0.25, -0.2) is 0 Å². The van der Waals surface area contributed by atoms with Gasteiger partial charge in [0.2, 0.25) is 0 Å². The van der Waals surface area contributed by atoms with Crippen molar-refractivity contribution >= 4 is 11.8 Å². The van der Waals surface area contributed by atoms with E-state index in [2.05, 4.69) is 4.74 Å². The number of ketones is 1. The molecule has 0 aliphatic rings. The van der Waals surface area contributed by atoms with Crippen LogP contribution in [0.1, 0.15) is 40.4 Å². The van der Waals surface area contributed by atoms with Crippen LogP contribution in [0.4, 0.5) is 0 Å². The normalized spacial score (nSPS) is 12.1. The van der Waals surface area contributed by atoms with Gasteiger partial charge in [0.05, 0.1) is 13.0 Å². The largest absolute Gasteiger partial charge is 0.469 e. The van der Waals surface area contributed by atoms with Gasteiger partial charge in [0.25, 0.3) is 0 Å². The highest BCUT2D eigenvalue weighted by atomic mass is 16.5. The van der Waals surface area contributed by atoms with Crippen molar-refractivity contribution in [3.63, 3.8) is 0 Å². The molecule has 0 radical (unpaired) electrons. The Balaban J connectivity index is 2.91. The molecule has 3 heteroatoms. The van der Waals surface area contributed by atoms with Crippen molar-refractivity contribution in [2.45, 2.75) is 34.1 Å². The van der Waals surface area contributed by atoms with Crippen molar-refractivity contribution in [3.8, 4) is 0 Å². The van der Waals surface area contributed by atoms with E-state index in [4.69, 9.17) is 0 Å². The summed E-state index contributed by atoms with van der Waals surface area (Å²) in [5, 5.41) is 0. The second-order valence-corrected chi connectivity index (χ2v) is 4.80. The summed E-state index contributed by atoms with van der Waals surface area (Å²) < 4.78 is 4.63. The lowest BCUT2D eigenvalue weighted by Gasteiger charge is -2.11. The van der Waals surface area contributed by atoms with Crippen molar-refractivity contribution in [3.05, 3.63) is 34.4 Å². The lowest BCUT2D eigenvalue weighted by Crippen LogP contribution is -2.17. The third kappa shape index (κ3) is 3.19. The van der Waals surface area contributed by atoms with E-state index >= 15 is 0 Å². The van der Waals surface area contributed by atoms with Crippen LogP contribution in [0.3, 0.4) is 0 Å². The highest BCUT2D eigenvalue weighted by molar-refractivity contribution is 5.99. The fraction of sp³-hybridized carbons (Fsp3) is 0.467. The number of benzene rings is 1. The zero-order chi connectivity index (χ0) is 13.9. The Labute approximate surface area is 108 Å². The predicted molar refractivity (Wildman–Crippen MR) is 70.8 cm³/mol. The molecule has 18 heavy (non-hydrogen) atoms. The van der Waals surface area contributed by atoms with Crippen molar-refractivity contribution in [1.82, 2.24) is 0 Å². The molecule has 0 aromatic heterocycles. The maximum absolute atomic E-state index is 12.2. The van der Waals surface area contributed by atoms with Gasteiger partial charge in [-0.1, -0.05) is 13.0 Å². The number of carbonyl (C=O) groups is 2. The van der Waals surface area contributed by atoms with E-state index < -0.39 is 5.92 Å². The minimum Gasteiger partial charge on any atom is -0.469 e. The topological polar surface area (TPSA) is 43.4 Å². The van der Waals surface area contributed by atoms with Crippen LogP contribution in [0, 0.1) is 26.7 Å². The smallest absolute Gasteiger partial charge is 0.308 e. The van der Waals surface area contributed by atoms with Gasteiger partial charge in [-0.15, -0.1) is 0 Å². The fourth-order valence-electron chi connectivity index (χ4n) is 1.93. The Morgan fingerprint density at radius 2 is 1.67 bits per heavy atom. The van der Waals surface area contributed by atoms with E-state index in [0.717, 1.165) is 11.1 Å². The number of hydrogen-bond donors (Lipinski definition) is 0. The average Bonchev–Trinajstić information content (AvgIpc) is 2.32. The van der Waals surface area contributed by atoms with E-state index in [1.54, 1.807) is 6.92 Å². The van der Waals surface area contributed by atoms with Gasteiger partial charge >= 0.3 is 5.97 Å². The Morgan fingerprint density at radius 1 is 1.11 bits per heavy atom. The number of hydrogen-bond acceptors (Lipinski definition) is 3. The molecule has 0 N–H and O–H groups in total. The van der Waals surface area contributed by atoms with Gasteiger partial charge in [-0.2, -0.15) is 0 Å². The molecule has 98 valence electrons. The summed E-state index contributed by atoms with van der Waals surface area (Å²) in [6, 6.07) is 3.91. The lowest BCUT2D eigenvalue weighted by molar-refractivity contribution is -0.144. The van der Waals surface area contributed by atoms with E-state index in [1.165, 1.54) is 12.7 Å². The SMILES string of the molecule is COC(=O)C(C)CC(=O)c1cc(C)c(C)cc1C. The van der Waals surface area contributed by atoms with Crippen molar-refractivity contribution in [2.24, 2.45) is 5.92 Å². The summed E-state index contributed by atoms with van der Waals surface area (Å²) in [5.41, 5.74) is 3.92. The van der Waals surface area contributed by atoms with E-state index in [1.807, 2.05) is 32.9 Å². The molecular formula is C15H20O3. The quantitative estimate of drug-likeness (QED) is 0.607. The van der Waals surface area contributed by atoms with Gasteiger partial charge in [-0.05, 0) is 43.5 Å². The molecule has 0 aliphatic heterocycles. The molecule has 0 bridgehead atoms. The molecule has 1 unspecified atom stereocenters. The molecule has 0 spiro atoms. The zero-order valence-electron chi connectivity index (χ0n) is 11.7. The monoisotopic (exact) mass is 248 g/mol. The minimum atomic E-state index is -0.400. The van der Waals surface area contributed by atoms with Gasteiger partial charge in [0, 0.05) is 12.0 Å². The number of rotatable bonds is 4. The number of ether oxygens (including phenoxy) is 1. The third-order valence-corrected chi connectivity index (χ3v) is 3.24. The number of methoxy groups -OCH3 is 1. The number of Topliss-reactive ketones (excluding diaryl/α,β-unsaturated/α-hetero) is 1. The first-order chi connectivity index (χ1) is 8.36. The second kappa shape index (κ2) is 5.80. The average molecular weight is 248 g/mol. The van der Waals surface area contributed by atoms with Crippen molar-refractivity contribution in [2.75, 3.05) is 7.11 Å². The van der Waals surface area contributed by atoms with Gasteiger partial charge in [-0.3, -0.25) is 9.59 Å². The molecule has 0 amide bonds. The highest BCUT2D eigenvalue weighted by Crippen LogP contribution is 2.19. The van der Waals surface area contributed by atoms with Gasteiger partial charge < -0.3 is 4.74 Å². The predicted octanol–water partition coefficient (Wildman–Crippen LogP) is 2.99. The second-order valence-electron chi connectivity index (χ2n) is 4.80. The molecule has 1 atom stereocenters. The maximum atomic E-state index is 12.2. The molecule has 1 rings (SSSR count). The number of carbonyl (C=O) groups excluding carboxylic acids is 2. The Morgan fingerprint density at radius 3 is 2.22 bits per heavy atom. The summed E-state index contributed by atoms with van der Waals surface area (Å²) in [4.78, 5) is 23.5. The zero-order valence-corrected chi connectivity index (χ0v) is 11.7. The molecule has 0 heterocycles. The first kappa shape index (κ1) is 14.4. The summed E-state index contributed by atoms with van der Waals surface area (Å²) in [5.74, 6) is -0.748. The van der Waals surface area contributed by atoms with Crippen LogP contribution in [0.5, 0.6) is 0 Å². The summed E-state index contributed by atoms with van der Waals surface area (Å²) in [7, 11) is 1.34. The van der Waals surface area contributed by atoms with E-state index in [-0.39, 0.29) is 18.2 Å². The van der Waals surface area contributed by atoms with E-state index in [9.17, 15) is 9.59 Å². The highest BCUT2D eigenvalue weighted by Gasteiger charge is 2.19. The summed E-state index contributed by atoms with van der Waals surface area (Å²) >= 11 is 0. The molecule has 0 saturated heterocycles. The van der Waals surface area contributed by atoms with Crippen LogP contribution >= 0.6 is 0 Å². The molecule has 1 aromatic carbocycles. The molecular weight excluding hydrogens is 228 g/mol. The van der Waals surface area contributed by atoms with Crippen LogP contribution in [-0.4, -0.2) is 18.9 Å². The number of aryl methyl sites for hydroxylation is 3. The van der Waals surface area contributed by atoms with Crippen LogP contribution in [0.25, 0.3) is 0 Å². The summed E-state index contributed by atoms with van der Waals surface area (Å²) in [6.45, 7) is 7.63. The summed E-state index contributed by atoms with van der Waals surface area (Å²) in [6.07, 6.45) is 0.190. The van der Waals surface area contributed by atoms with Crippen molar-refractivity contribution < 1.29 is 14.3 Å². The minimum absolute atomic E-state index is 0.00602. The van der Waals surface area contributed by atoms with Crippen LogP contribution in [0.15, 0.2) is 12.1 Å². The third-order valence-electron chi connectivity index (χ3n) is 3.24. The molecule has 3 nitrogen and oxygen atoms in total. The Hall–Kier alpha value is -1.64. The van der Waals surface area contributed by atoms with Crippen LogP contribution < -0.4 is 0 Å².